The predicted molar refractivity (Wildman–Crippen MR) is 153 cm³/mol. The first-order valence-electron chi connectivity index (χ1n) is 13.7. The van der Waals surface area contributed by atoms with Crippen molar-refractivity contribution in [3.8, 4) is 0 Å². The Morgan fingerprint density at radius 1 is 1.10 bits per heavy atom. The molecule has 1 aliphatic heterocycles. The molecule has 0 N–H and O–H groups in total. The molecule has 1 fully saturated rings. The third-order valence-corrected chi connectivity index (χ3v) is 7.58. The molecule has 3 aromatic rings. The van der Waals surface area contributed by atoms with Gasteiger partial charge in [-0.3, -0.25) is 14.5 Å². The summed E-state index contributed by atoms with van der Waals surface area (Å²) in [6.45, 7) is 8.93. The van der Waals surface area contributed by atoms with Gasteiger partial charge in [-0.2, -0.15) is 0 Å². The summed E-state index contributed by atoms with van der Waals surface area (Å²) in [5.74, 6) is -0.340. The van der Waals surface area contributed by atoms with Gasteiger partial charge in [0, 0.05) is 54.6 Å². The minimum Gasteiger partial charge on any atom is -0.462 e. The maximum absolute atomic E-state index is 13.9. The maximum Gasteiger partial charge on any atom is 0.335 e. The first kappa shape index (κ1) is 29.7. The molecule has 0 saturated carbocycles. The van der Waals surface area contributed by atoms with Crippen LogP contribution in [0.15, 0.2) is 52.4 Å². The number of aryl methyl sites for hydroxylation is 1. The van der Waals surface area contributed by atoms with Crippen LogP contribution in [-0.2, 0) is 20.9 Å². The zero-order valence-corrected chi connectivity index (χ0v) is 24.0. The number of hydrogen-bond acceptors (Lipinski definition) is 8. The fraction of sp³-hybridized carbons (Fsp3) is 0.467. The smallest absolute Gasteiger partial charge is 0.335 e. The van der Waals surface area contributed by atoms with E-state index in [0.29, 0.717) is 61.7 Å². The second-order valence-corrected chi connectivity index (χ2v) is 10.6. The molecule has 1 saturated heterocycles. The van der Waals surface area contributed by atoms with E-state index in [1.807, 2.05) is 31.4 Å². The molecule has 9 nitrogen and oxygen atoms in total. The van der Waals surface area contributed by atoms with Crippen molar-refractivity contribution in [1.29, 1.82) is 0 Å². The second kappa shape index (κ2) is 13.4. The lowest BCUT2D eigenvalue weighted by atomic mass is 9.90. The molecule has 0 bridgehead atoms. The van der Waals surface area contributed by atoms with Crippen LogP contribution >= 0.6 is 11.6 Å². The monoisotopic (exact) mass is 569 g/mol. The van der Waals surface area contributed by atoms with Gasteiger partial charge in [-0.1, -0.05) is 11.6 Å². The summed E-state index contributed by atoms with van der Waals surface area (Å²) in [5.41, 5.74) is 0.783. The van der Waals surface area contributed by atoms with Gasteiger partial charge in [0.2, 0.25) is 5.78 Å². The Morgan fingerprint density at radius 3 is 2.55 bits per heavy atom. The number of ether oxygens (including phenoxy) is 1. The molecular weight excluding hydrogens is 534 g/mol. The van der Waals surface area contributed by atoms with Gasteiger partial charge < -0.3 is 18.6 Å². The standard InChI is InChI=1S/C30H36ClN3O6/c1-4-33-20-23(28(36)27(25-9-8-16-39-25)32-40-26(35)10-6-5-7-13-31)22-19-21(11-12-24(22)33)29(37)30(2,3)34-14-17-38-18-15-34/h8-9,11-12,16,19-20H,4-7,10,13-15,17-18H2,1-3H3/b32-27+. The molecular formula is C30H36ClN3O6. The zero-order chi connectivity index (χ0) is 28.7. The Labute approximate surface area is 239 Å². The third-order valence-electron chi connectivity index (χ3n) is 7.31. The summed E-state index contributed by atoms with van der Waals surface area (Å²) in [5, 5.41) is 4.56. The highest BCUT2D eigenvalue weighted by molar-refractivity contribution is 6.52. The number of ketones is 2. The predicted octanol–water partition coefficient (Wildman–Crippen LogP) is 5.48. The molecule has 40 heavy (non-hydrogen) atoms. The quantitative estimate of drug-likeness (QED) is 0.0670. The highest BCUT2D eigenvalue weighted by Gasteiger charge is 2.36. The number of morpholine rings is 1. The van der Waals surface area contributed by atoms with Gasteiger partial charge in [0.25, 0.3) is 0 Å². The number of alkyl halides is 1. The Morgan fingerprint density at radius 2 is 1.88 bits per heavy atom. The van der Waals surface area contributed by atoms with Crippen LogP contribution < -0.4 is 0 Å². The Balaban J connectivity index is 1.67. The highest BCUT2D eigenvalue weighted by atomic mass is 35.5. The number of Topliss-reactive ketones (excluding diaryl/α,β-unsaturated/α-hetero) is 2. The van der Waals surface area contributed by atoms with Crippen molar-refractivity contribution in [2.24, 2.45) is 5.16 Å². The summed E-state index contributed by atoms with van der Waals surface area (Å²) in [4.78, 5) is 47.2. The summed E-state index contributed by atoms with van der Waals surface area (Å²) in [7, 11) is 0. The number of benzene rings is 1. The summed E-state index contributed by atoms with van der Waals surface area (Å²) in [6.07, 6.45) is 5.55. The number of rotatable bonds is 13. The number of fused-ring (bicyclic) bond motifs is 1. The lowest BCUT2D eigenvalue weighted by molar-refractivity contribution is -0.143. The minimum absolute atomic E-state index is 0.0398. The number of unbranched alkanes of at least 4 members (excludes halogenated alkanes) is 2. The van der Waals surface area contributed by atoms with Crippen molar-refractivity contribution in [1.82, 2.24) is 9.47 Å². The number of oxime groups is 1. The Hall–Kier alpha value is -3.27. The van der Waals surface area contributed by atoms with Gasteiger partial charge in [0.05, 0.1) is 30.6 Å². The van der Waals surface area contributed by atoms with E-state index in [0.717, 1.165) is 18.4 Å². The van der Waals surface area contributed by atoms with Crippen molar-refractivity contribution in [2.45, 2.75) is 58.5 Å². The Bertz CT molecular complexity index is 1370. The largest absolute Gasteiger partial charge is 0.462 e. The number of aromatic nitrogens is 1. The van der Waals surface area contributed by atoms with E-state index in [1.165, 1.54) is 6.26 Å². The van der Waals surface area contributed by atoms with Gasteiger partial charge >= 0.3 is 5.97 Å². The molecule has 3 heterocycles. The van der Waals surface area contributed by atoms with Crippen LogP contribution in [0.1, 0.15) is 72.9 Å². The van der Waals surface area contributed by atoms with Crippen molar-refractivity contribution in [3.63, 3.8) is 0 Å². The van der Waals surface area contributed by atoms with Crippen molar-refractivity contribution in [3.05, 3.63) is 59.7 Å². The van der Waals surface area contributed by atoms with Gasteiger partial charge in [0.1, 0.15) is 0 Å². The molecule has 1 aliphatic rings. The molecule has 0 spiro atoms. The highest BCUT2D eigenvalue weighted by Crippen LogP contribution is 2.28. The first-order chi connectivity index (χ1) is 19.3. The average Bonchev–Trinajstić information content (AvgIpc) is 3.63. The fourth-order valence-electron chi connectivity index (χ4n) is 4.92. The molecule has 2 aromatic heterocycles. The van der Waals surface area contributed by atoms with Gasteiger partial charge in [-0.25, -0.2) is 4.79 Å². The SMILES string of the molecule is CCn1cc(C(=O)/C(=N/OC(=O)CCCCCCl)c2ccco2)c2cc(C(=O)C(C)(C)N3CCOCC3)ccc21. The number of furan rings is 1. The molecule has 4 rings (SSSR count). The first-order valence-corrected chi connectivity index (χ1v) is 14.2. The number of nitrogens with zero attached hydrogens (tertiary/aromatic N) is 3. The number of carbonyl (C=O) groups excluding carboxylic acids is 3. The van der Waals surface area contributed by atoms with E-state index >= 15 is 0 Å². The summed E-state index contributed by atoms with van der Waals surface area (Å²) < 4.78 is 12.9. The lowest BCUT2D eigenvalue weighted by Gasteiger charge is -2.39. The van der Waals surface area contributed by atoms with Crippen LogP contribution in [0.5, 0.6) is 0 Å². The molecule has 0 unspecified atom stereocenters. The summed E-state index contributed by atoms with van der Waals surface area (Å²) >= 11 is 5.70. The zero-order valence-electron chi connectivity index (χ0n) is 23.3. The lowest BCUT2D eigenvalue weighted by Crippen LogP contribution is -2.54. The van der Waals surface area contributed by atoms with E-state index in [9.17, 15) is 14.4 Å². The molecule has 1 aromatic carbocycles. The topological polar surface area (TPSA) is 103 Å². The Kier molecular flexibility index (Phi) is 9.95. The van der Waals surface area contributed by atoms with Crippen LogP contribution in [0.2, 0.25) is 0 Å². The van der Waals surface area contributed by atoms with Gasteiger partial charge in [-0.15, -0.1) is 11.6 Å². The van der Waals surface area contributed by atoms with Crippen molar-refractivity contribution < 1.29 is 28.4 Å². The fourth-order valence-corrected chi connectivity index (χ4v) is 5.11. The van der Waals surface area contributed by atoms with Crippen molar-refractivity contribution >= 4 is 45.8 Å². The molecule has 0 aliphatic carbocycles. The average molecular weight is 570 g/mol. The normalized spacial score (nSPS) is 14.9. The van der Waals surface area contributed by atoms with E-state index in [-0.39, 0.29) is 23.7 Å². The van der Waals surface area contributed by atoms with Crippen LogP contribution in [0, 0.1) is 0 Å². The van der Waals surface area contributed by atoms with Crippen LogP contribution in [0.4, 0.5) is 0 Å². The van der Waals surface area contributed by atoms with E-state index in [4.69, 9.17) is 25.6 Å². The third kappa shape index (κ3) is 6.54. The molecule has 0 atom stereocenters. The molecule has 214 valence electrons. The van der Waals surface area contributed by atoms with Crippen LogP contribution in [0.25, 0.3) is 10.9 Å². The van der Waals surface area contributed by atoms with Crippen LogP contribution in [0.3, 0.4) is 0 Å². The van der Waals surface area contributed by atoms with Gasteiger partial charge in [-0.05, 0) is 63.9 Å². The van der Waals surface area contributed by atoms with Gasteiger partial charge in [0.15, 0.2) is 17.3 Å². The minimum atomic E-state index is -0.742. The molecule has 0 radical (unpaired) electrons. The van der Waals surface area contributed by atoms with Crippen molar-refractivity contribution in [2.75, 3.05) is 32.2 Å². The number of hydrogen-bond donors (Lipinski definition) is 0. The maximum atomic E-state index is 13.9. The van der Waals surface area contributed by atoms with Crippen LogP contribution in [-0.4, -0.2) is 70.4 Å². The number of halogens is 1. The molecule has 10 heteroatoms. The summed E-state index contributed by atoms with van der Waals surface area (Å²) in [6, 6.07) is 8.65. The number of carbonyl (C=O) groups is 3. The second-order valence-electron chi connectivity index (χ2n) is 10.3. The van der Waals surface area contributed by atoms with E-state index in [1.54, 1.807) is 30.5 Å². The van der Waals surface area contributed by atoms with E-state index in [2.05, 4.69) is 10.1 Å². The van der Waals surface area contributed by atoms with E-state index < -0.39 is 17.3 Å². The molecule has 0 amide bonds.